The van der Waals surface area contributed by atoms with Gasteiger partial charge in [0.25, 0.3) is 0 Å². The first kappa shape index (κ1) is 14.1. The van der Waals surface area contributed by atoms with E-state index in [1.54, 1.807) is 11.3 Å². The summed E-state index contributed by atoms with van der Waals surface area (Å²) in [5.74, 6) is 2.03. The van der Waals surface area contributed by atoms with E-state index in [0.29, 0.717) is 5.95 Å². The fraction of sp³-hybridized carbons (Fsp3) is 0.429. The number of thiophene rings is 1. The molecule has 0 atom stereocenters. The third-order valence-corrected chi connectivity index (χ3v) is 4.17. The fourth-order valence-electron chi connectivity index (χ4n) is 2.33. The molecule has 2 N–H and O–H groups in total. The minimum Gasteiger partial charge on any atom is -0.378 e. The summed E-state index contributed by atoms with van der Waals surface area (Å²) in [5, 5.41) is 4.22. The van der Waals surface area contributed by atoms with Crippen LogP contribution in [0, 0.1) is 0 Å². The minimum absolute atomic E-state index is 0.311. The third kappa shape index (κ3) is 3.43. The van der Waals surface area contributed by atoms with Crippen molar-refractivity contribution < 1.29 is 4.74 Å². The second-order valence-electron chi connectivity index (χ2n) is 5.03. The molecule has 0 spiro atoms. The number of morpholine rings is 1. The SMILES string of the molecule is CN(Cc1ccsc1)c1cc(N2CCOCC2)nc(N)n1. The van der Waals surface area contributed by atoms with Gasteiger partial charge in [-0.1, -0.05) is 0 Å². The van der Waals surface area contributed by atoms with E-state index in [-0.39, 0.29) is 0 Å². The molecule has 21 heavy (non-hydrogen) atoms. The van der Waals surface area contributed by atoms with Crippen molar-refractivity contribution in [3.63, 3.8) is 0 Å². The Kier molecular flexibility index (Phi) is 4.21. The summed E-state index contributed by atoms with van der Waals surface area (Å²) in [4.78, 5) is 13.0. The molecule has 1 aliphatic heterocycles. The Morgan fingerprint density at radius 3 is 2.90 bits per heavy atom. The molecule has 0 radical (unpaired) electrons. The zero-order chi connectivity index (χ0) is 14.7. The van der Waals surface area contributed by atoms with Crippen molar-refractivity contribution in [3.8, 4) is 0 Å². The molecule has 2 aromatic heterocycles. The average Bonchev–Trinajstić information content (AvgIpc) is 3.00. The molecule has 1 fully saturated rings. The van der Waals surface area contributed by atoms with Crippen LogP contribution in [0.1, 0.15) is 5.56 Å². The molecule has 112 valence electrons. The number of nitrogens with zero attached hydrogens (tertiary/aromatic N) is 4. The van der Waals surface area contributed by atoms with Gasteiger partial charge in [-0.25, -0.2) is 0 Å². The van der Waals surface area contributed by atoms with Crippen LogP contribution in [0.25, 0.3) is 0 Å². The molecular formula is C14H19N5OS. The van der Waals surface area contributed by atoms with Crippen LogP contribution in [0.3, 0.4) is 0 Å². The van der Waals surface area contributed by atoms with Gasteiger partial charge in [-0.2, -0.15) is 21.3 Å². The molecule has 2 aromatic rings. The summed E-state index contributed by atoms with van der Waals surface area (Å²) in [6, 6.07) is 4.11. The first-order valence-corrected chi connectivity index (χ1v) is 7.86. The highest BCUT2D eigenvalue weighted by atomic mass is 32.1. The Hall–Kier alpha value is -1.86. The molecule has 0 aliphatic carbocycles. The molecule has 0 amide bonds. The maximum absolute atomic E-state index is 5.87. The molecule has 7 heteroatoms. The Balaban J connectivity index is 1.79. The van der Waals surface area contributed by atoms with E-state index in [9.17, 15) is 0 Å². The van der Waals surface area contributed by atoms with Gasteiger partial charge in [-0.15, -0.1) is 0 Å². The van der Waals surface area contributed by atoms with E-state index in [0.717, 1.165) is 44.5 Å². The van der Waals surface area contributed by atoms with Crippen LogP contribution in [-0.2, 0) is 11.3 Å². The predicted molar refractivity (Wildman–Crippen MR) is 85.9 cm³/mol. The van der Waals surface area contributed by atoms with E-state index < -0.39 is 0 Å². The molecular weight excluding hydrogens is 286 g/mol. The van der Waals surface area contributed by atoms with Crippen LogP contribution < -0.4 is 15.5 Å². The highest BCUT2D eigenvalue weighted by molar-refractivity contribution is 7.07. The minimum atomic E-state index is 0.311. The molecule has 0 bridgehead atoms. The quantitative estimate of drug-likeness (QED) is 0.925. The van der Waals surface area contributed by atoms with Gasteiger partial charge in [0.1, 0.15) is 11.6 Å². The van der Waals surface area contributed by atoms with E-state index in [2.05, 4.69) is 36.6 Å². The first-order chi connectivity index (χ1) is 10.2. The zero-order valence-electron chi connectivity index (χ0n) is 12.0. The largest absolute Gasteiger partial charge is 0.378 e. The molecule has 0 saturated carbocycles. The van der Waals surface area contributed by atoms with Gasteiger partial charge in [0.05, 0.1) is 13.2 Å². The summed E-state index contributed by atoms with van der Waals surface area (Å²) in [6.07, 6.45) is 0. The Morgan fingerprint density at radius 2 is 2.19 bits per heavy atom. The molecule has 3 rings (SSSR count). The number of anilines is 3. The number of hydrogen-bond donors (Lipinski definition) is 1. The van der Waals surface area contributed by atoms with Crippen LogP contribution in [0.5, 0.6) is 0 Å². The van der Waals surface area contributed by atoms with Crippen molar-refractivity contribution in [1.82, 2.24) is 9.97 Å². The van der Waals surface area contributed by atoms with Crippen LogP contribution >= 0.6 is 11.3 Å². The Bertz CT molecular complexity index is 583. The zero-order valence-corrected chi connectivity index (χ0v) is 12.8. The number of rotatable bonds is 4. The fourth-order valence-corrected chi connectivity index (χ4v) is 2.99. The second-order valence-corrected chi connectivity index (χ2v) is 5.81. The van der Waals surface area contributed by atoms with E-state index in [1.807, 2.05) is 13.1 Å². The lowest BCUT2D eigenvalue weighted by atomic mass is 10.3. The van der Waals surface area contributed by atoms with Crippen LogP contribution in [-0.4, -0.2) is 43.3 Å². The van der Waals surface area contributed by atoms with Crippen molar-refractivity contribution in [1.29, 1.82) is 0 Å². The molecule has 1 saturated heterocycles. The van der Waals surface area contributed by atoms with Crippen LogP contribution in [0.2, 0.25) is 0 Å². The van der Waals surface area contributed by atoms with Gasteiger partial charge in [0, 0.05) is 32.7 Å². The number of hydrogen-bond acceptors (Lipinski definition) is 7. The van der Waals surface area contributed by atoms with Crippen LogP contribution in [0.15, 0.2) is 22.9 Å². The van der Waals surface area contributed by atoms with Gasteiger partial charge in [0.2, 0.25) is 5.95 Å². The van der Waals surface area contributed by atoms with E-state index >= 15 is 0 Å². The summed E-state index contributed by atoms with van der Waals surface area (Å²) in [5.41, 5.74) is 7.14. The lowest BCUT2D eigenvalue weighted by molar-refractivity contribution is 0.122. The maximum Gasteiger partial charge on any atom is 0.223 e. The number of nitrogens with two attached hydrogens (primary N) is 1. The Labute approximate surface area is 128 Å². The molecule has 0 unspecified atom stereocenters. The lowest BCUT2D eigenvalue weighted by Crippen LogP contribution is -2.37. The second kappa shape index (κ2) is 6.28. The van der Waals surface area contributed by atoms with Gasteiger partial charge in [-0.3, -0.25) is 0 Å². The summed E-state index contributed by atoms with van der Waals surface area (Å²) < 4.78 is 5.37. The topological polar surface area (TPSA) is 67.5 Å². The molecule has 0 aromatic carbocycles. The summed E-state index contributed by atoms with van der Waals surface area (Å²) in [7, 11) is 2.02. The standard InChI is InChI=1S/C14H19N5OS/c1-18(9-11-2-7-21-10-11)12-8-13(17-14(15)16-12)19-3-5-20-6-4-19/h2,7-8,10H,3-6,9H2,1H3,(H2,15,16,17). The maximum atomic E-state index is 5.87. The highest BCUT2D eigenvalue weighted by Gasteiger charge is 2.15. The molecule has 3 heterocycles. The normalized spacial score (nSPS) is 15.2. The number of ether oxygens (including phenoxy) is 1. The highest BCUT2D eigenvalue weighted by Crippen LogP contribution is 2.22. The molecule has 1 aliphatic rings. The van der Waals surface area contributed by atoms with Crippen molar-refractivity contribution in [2.75, 3.05) is 48.9 Å². The van der Waals surface area contributed by atoms with Gasteiger partial charge < -0.3 is 20.3 Å². The van der Waals surface area contributed by atoms with Crippen molar-refractivity contribution >= 4 is 28.9 Å². The monoisotopic (exact) mass is 305 g/mol. The van der Waals surface area contributed by atoms with Gasteiger partial charge in [-0.05, 0) is 22.4 Å². The van der Waals surface area contributed by atoms with Gasteiger partial charge in [0.15, 0.2) is 0 Å². The number of aromatic nitrogens is 2. The number of nitrogen functional groups attached to an aromatic ring is 1. The Morgan fingerprint density at radius 1 is 1.38 bits per heavy atom. The van der Waals surface area contributed by atoms with E-state index in [4.69, 9.17) is 10.5 Å². The van der Waals surface area contributed by atoms with Crippen molar-refractivity contribution in [2.45, 2.75) is 6.54 Å². The van der Waals surface area contributed by atoms with Crippen molar-refractivity contribution in [3.05, 3.63) is 28.5 Å². The van der Waals surface area contributed by atoms with Gasteiger partial charge >= 0.3 is 0 Å². The summed E-state index contributed by atoms with van der Waals surface area (Å²) >= 11 is 1.70. The van der Waals surface area contributed by atoms with E-state index in [1.165, 1.54) is 5.56 Å². The lowest BCUT2D eigenvalue weighted by Gasteiger charge is -2.28. The summed E-state index contributed by atoms with van der Waals surface area (Å²) in [6.45, 7) is 3.94. The average molecular weight is 305 g/mol. The smallest absolute Gasteiger partial charge is 0.223 e. The van der Waals surface area contributed by atoms with Crippen LogP contribution in [0.4, 0.5) is 17.6 Å². The predicted octanol–water partition coefficient (Wildman–Crippen LogP) is 1.59. The van der Waals surface area contributed by atoms with Crippen molar-refractivity contribution in [2.24, 2.45) is 0 Å². The third-order valence-electron chi connectivity index (χ3n) is 3.44. The molecule has 6 nitrogen and oxygen atoms in total. The first-order valence-electron chi connectivity index (χ1n) is 6.92.